The van der Waals surface area contributed by atoms with Gasteiger partial charge in [0.2, 0.25) is 0 Å². The van der Waals surface area contributed by atoms with Crippen LogP contribution < -0.4 is 15.4 Å². The first-order valence-electron chi connectivity index (χ1n) is 7.88. The number of para-hydroxylation sites is 1. The number of benzene rings is 1. The molecule has 1 unspecified atom stereocenters. The van der Waals surface area contributed by atoms with Gasteiger partial charge in [-0.25, -0.2) is 4.99 Å². The van der Waals surface area contributed by atoms with Crippen molar-refractivity contribution in [2.24, 2.45) is 4.99 Å². The molecule has 2 N–H and O–H groups in total. The second-order valence-corrected chi connectivity index (χ2v) is 5.17. The summed E-state index contributed by atoms with van der Waals surface area (Å²) in [6.07, 6.45) is 0.253. The lowest BCUT2D eigenvalue weighted by molar-refractivity contribution is -0.140. The van der Waals surface area contributed by atoms with E-state index >= 15 is 0 Å². The number of carbonyl (C=O) groups is 1. The molecule has 0 aromatic heterocycles. The first-order valence-corrected chi connectivity index (χ1v) is 7.88. The standard InChI is InChI=1S/C17H27N3O3.HI/c1-5-18-17(19-11-10-16(21)22-4)20-12-14(3)23-15-9-7-6-8-13(15)2;/h6-9,14H,5,10-12H2,1-4H3,(H2,18,19,20);1H. The number of esters is 1. The normalized spacial score (nSPS) is 11.9. The number of methoxy groups -OCH3 is 1. The molecule has 0 aliphatic rings. The molecule has 0 fully saturated rings. The minimum absolute atomic E-state index is 0. The van der Waals surface area contributed by atoms with E-state index in [0.717, 1.165) is 17.9 Å². The van der Waals surface area contributed by atoms with Crippen LogP contribution in [0.25, 0.3) is 0 Å². The average Bonchev–Trinajstić information content (AvgIpc) is 2.54. The van der Waals surface area contributed by atoms with Gasteiger partial charge in [-0.1, -0.05) is 18.2 Å². The van der Waals surface area contributed by atoms with Crippen LogP contribution in [0.15, 0.2) is 29.3 Å². The third-order valence-corrected chi connectivity index (χ3v) is 3.12. The van der Waals surface area contributed by atoms with E-state index < -0.39 is 0 Å². The van der Waals surface area contributed by atoms with Gasteiger partial charge in [-0.2, -0.15) is 0 Å². The zero-order valence-corrected chi connectivity index (χ0v) is 17.1. The van der Waals surface area contributed by atoms with Crippen molar-refractivity contribution in [3.8, 4) is 5.75 Å². The highest BCUT2D eigenvalue weighted by atomic mass is 127. The lowest BCUT2D eigenvalue weighted by Gasteiger charge is -2.16. The molecule has 1 aromatic carbocycles. The van der Waals surface area contributed by atoms with Crippen LogP contribution in [0.3, 0.4) is 0 Å². The van der Waals surface area contributed by atoms with Crippen LogP contribution in [0.4, 0.5) is 0 Å². The maximum atomic E-state index is 11.1. The summed E-state index contributed by atoms with van der Waals surface area (Å²) in [4.78, 5) is 15.6. The second kappa shape index (κ2) is 12.9. The summed E-state index contributed by atoms with van der Waals surface area (Å²) in [5, 5.41) is 6.24. The van der Waals surface area contributed by atoms with Crippen LogP contribution in [0, 0.1) is 6.92 Å². The van der Waals surface area contributed by atoms with Crippen molar-refractivity contribution >= 4 is 35.9 Å². The molecule has 136 valence electrons. The van der Waals surface area contributed by atoms with E-state index in [1.807, 2.05) is 45.0 Å². The minimum atomic E-state index is -0.246. The van der Waals surface area contributed by atoms with Crippen LogP contribution in [0.5, 0.6) is 5.75 Å². The van der Waals surface area contributed by atoms with E-state index in [4.69, 9.17) is 4.74 Å². The molecule has 24 heavy (non-hydrogen) atoms. The molecular weight excluding hydrogens is 421 g/mol. The molecule has 0 bridgehead atoms. The maximum absolute atomic E-state index is 11.1. The van der Waals surface area contributed by atoms with Gasteiger partial charge in [0.25, 0.3) is 0 Å². The molecule has 0 aliphatic heterocycles. The van der Waals surface area contributed by atoms with Gasteiger partial charge >= 0.3 is 5.97 Å². The average molecular weight is 449 g/mol. The Morgan fingerprint density at radius 1 is 1.29 bits per heavy atom. The highest BCUT2D eigenvalue weighted by molar-refractivity contribution is 14.0. The summed E-state index contributed by atoms with van der Waals surface area (Å²) in [7, 11) is 1.38. The number of ether oxygens (including phenoxy) is 2. The summed E-state index contributed by atoms with van der Waals surface area (Å²) in [5.74, 6) is 1.29. The number of nitrogens with zero attached hydrogens (tertiary/aromatic N) is 1. The van der Waals surface area contributed by atoms with Crippen molar-refractivity contribution < 1.29 is 14.3 Å². The van der Waals surface area contributed by atoms with Crippen LogP contribution in [-0.4, -0.2) is 44.8 Å². The van der Waals surface area contributed by atoms with Gasteiger partial charge in [-0.3, -0.25) is 4.79 Å². The van der Waals surface area contributed by atoms with Gasteiger partial charge in [-0.05, 0) is 32.4 Å². The number of halogens is 1. The van der Waals surface area contributed by atoms with Crippen molar-refractivity contribution in [2.45, 2.75) is 33.3 Å². The van der Waals surface area contributed by atoms with Gasteiger partial charge < -0.3 is 20.1 Å². The predicted octanol–water partition coefficient (Wildman–Crippen LogP) is 2.50. The summed E-state index contributed by atoms with van der Waals surface area (Å²) >= 11 is 0. The van der Waals surface area contributed by atoms with Crippen molar-refractivity contribution in [1.29, 1.82) is 0 Å². The third-order valence-electron chi connectivity index (χ3n) is 3.12. The number of hydrogen-bond donors (Lipinski definition) is 2. The molecule has 1 aromatic rings. The molecular formula is C17H28IN3O3. The first-order chi connectivity index (χ1) is 11.1. The van der Waals surface area contributed by atoms with Gasteiger partial charge in [0.15, 0.2) is 5.96 Å². The smallest absolute Gasteiger partial charge is 0.307 e. The van der Waals surface area contributed by atoms with Crippen LogP contribution >= 0.6 is 24.0 Å². The van der Waals surface area contributed by atoms with E-state index in [-0.39, 0.29) is 36.0 Å². The number of aliphatic imine (C=N–C) groups is 1. The molecule has 1 atom stereocenters. The fourth-order valence-electron chi connectivity index (χ4n) is 1.89. The zero-order valence-electron chi connectivity index (χ0n) is 14.8. The topological polar surface area (TPSA) is 72.0 Å². The summed E-state index contributed by atoms with van der Waals surface area (Å²) in [5.41, 5.74) is 1.10. The lowest BCUT2D eigenvalue weighted by Crippen LogP contribution is -2.39. The van der Waals surface area contributed by atoms with E-state index in [1.54, 1.807) is 0 Å². The molecule has 0 saturated heterocycles. The monoisotopic (exact) mass is 449 g/mol. The Hall–Kier alpha value is -1.51. The van der Waals surface area contributed by atoms with Crippen molar-refractivity contribution in [2.75, 3.05) is 26.7 Å². The largest absolute Gasteiger partial charge is 0.489 e. The Morgan fingerprint density at radius 2 is 2.00 bits per heavy atom. The third kappa shape index (κ3) is 8.95. The Labute approximate surface area is 161 Å². The predicted molar refractivity (Wildman–Crippen MR) is 107 cm³/mol. The minimum Gasteiger partial charge on any atom is -0.489 e. The van der Waals surface area contributed by atoms with Gasteiger partial charge in [-0.15, -0.1) is 24.0 Å². The number of guanidine groups is 1. The Bertz CT molecular complexity index is 524. The summed E-state index contributed by atoms with van der Waals surface area (Å²) in [6.45, 7) is 7.73. The van der Waals surface area contributed by atoms with Gasteiger partial charge in [0.05, 0.1) is 20.1 Å². The van der Waals surface area contributed by atoms with Crippen molar-refractivity contribution in [1.82, 2.24) is 10.6 Å². The van der Waals surface area contributed by atoms with E-state index in [9.17, 15) is 4.79 Å². The molecule has 0 aliphatic carbocycles. The molecule has 7 heteroatoms. The quantitative estimate of drug-likeness (QED) is 0.276. The molecule has 0 amide bonds. The van der Waals surface area contributed by atoms with Crippen molar-refractivity contribution in [3.63, 3.8) is 0 Å². The van der Waals surface area contributed by atoms with Crippen LogP contribution in [-0.2, 0) is 9.53 Å². The number of rotatable bonds is 8. The summed E-state index contributed by atoms with van der Waals surface area (Å²) < 4.78 is 10.5. The Balaban J connectivity index is 0.00000529. The number of aryl methyl sites for hydroxylation is 1. The maximum Gasteiger partial charge on any atom is 0.307 e. The van der Waals surface area contributed by atoms with E-state index in [2.05, 4.69) is 20.4 Å². The Kier molecular flexibility index (Phi) is 12.0. The molecule has 0 heterocycles. The van der Waals surface area contributed by atoms with Gasteiger partial charge in [0.1, 0.15) is 11.9 Å². The molecule has 1 rings (SSSR count). The second-order valence-electron chi connectivity index (χ2n) is 5.17. The number of carbonyl (C=O) groups excluding carboxylic acids is 1. The fourth-order valence-corrected chi connectivity index (χ4v) is 1.89. The number of hydrogen-bond acceptors (Lipinski definition) is 4. The Morgan fingerprint density at radius 3 is 2.62 bits per heavy atom. The lowest BCUT2D eigenvalue weighted by atomic mass is 10.2. The highest BCUT2D eigenvalue weighted by Crippen LogP contribution is 2.17. The molecule has 0 spiro atoms. The zero-order chi connectivity index (χ0) is 17.1. The van der Waals surface area contributed by atoms with E-state index in [1.165, 1.54) is 7.11 Å². The fraction of sp³-hybridized carbons (Fsp3) is 0.529. The first kappa shape index (κ1) is 22.5. The molecule has 6 nitrogen and oxygen atoms in total. The number of nitrogens with one attached hydrogen (secondary N) is 2. The molecule has 0 saturated carbocycles. The SMILES string of the molecule is CCNC(=NCC(C)Oc1ccccc1C)NCCC(=O)OC.I. The van der Waals surface area contributed by atoms with E-state index in [0.29, 0.717) is 25.5 Å². The van der Waals surface area contributed by atoms with Gasteiger partial charge in [0, 0.05) is 13.1 Å². The summed E-state index contributed by atoms with van der Waals surface area (Å²) in [6, 6.07) is 7.91. The van der Waals surface area contributed by atoms with Crippen LogP contribution in [0.2, 0.25) is 0 Å². The molecule has 0 radical (unpaired) electrons. The van der Waals surface area contributed by atoms with Crippen molar-refractivity contribution in [3.05, 3.63) is 29.8 Å². The highest BCUT2D eigenvalue weighted by Gasteiger charge is 2.07. The van der Waals surface area contributed by atoms with Crippen LogP contribution in [0.1, 0.15) is 25.8 Å².